The number of carbonyl (C=O) groups excluding carboxylic acids is 1. The molecule has 0 aromatic heterocycles. The first-order valence-electron chi connectivity index (χ1n) is 5.55. The van der Waals surface area contributed by atoms with E-state index in [1.54, 1.807) is 0 Å². The SMILES string of the molecule is CCNC(N)=NCCCC(=O)NC1CC1. The topological polar surface area (TPSA) is 79.5 Å². The van der Waals surface area contributed by atoms with E-state index in [0.717, 1.165) is 25.8 Å². The highest BCUT2D eigenvalue weighted by molar-refractivity contribution is 5.78. The average molecular weight is 212 g/mol. The molecule has 0 aromatic rings. The fourth-order valence-corrected chi connectivity index (χ4v) is 1.20. The number of hydrogen-bond acceptors (Lipinski definition) is 2. The van der Waals surface area contributed by atoms with Crippen LogP contribution in [0.2, 0.25) is 0 Å². The van der Waals surface area contributed by atoms with Gasteiger partial charge >= 0.3 is 0 Å². The molecule has 0 saturated heterocycles. The summed E-state index contributed by atoms with van der Waals surface area (Å²) in [7, 11) is 0. The molecule has 1 rings (SSSR count). The van der Waals surface area contributed by atoms with Gasteiger partial charge in [0.2, 0.25) is 5.91 Å². The van der Waals surface area contributed by atoms with E-state index < -0.39 is 0 Å². The van der Waals surface area contributed by atoms with Crippen LogP contribution in [0.5, 0.6) is 0 Å². The van der Waals surface area contributed by atoms with Gasteiger partial charge in [-0.25, -0.2) is 0 Å². The Morgan fingerprint density at radius 3 is 2.87 bits per heavy atom. The summed E-state index contributed by atoms with van der Waals surface area (Å²) in [6.07, 6.45) is 3.57. The second kappa shape index (κ2) is 6.27. The van der Waals surface area contributed by atoms with Crippen LogP contribution in [-0.4, -0.2) is 31.0 Å². The molecule has 1 aliphatic rings. The lowest BCUT2D eigenvalue weighted by atomic mass is 10.3. The van der Waals surface area contributed by atoms with Crippen LogP contribution in [0, 0.1) is 0 Å². The summed E-state index contributed by atoms with van der Waals surface area (Å²) in [4.78, 5) is 15.3. The van der Waals surface area contributed by atoms with Gasteiger partial charge in [0.05, 0.1) is 0 Å². The van der Waals surface area contributed by atoms with Crippen molar-refractivity contribution in [3.63, 3.8) is 0 Å². The monoisotopic (exact) mass is 212 g/mol. The Labute approximate surface area is 90.5 Å². The summed E-state index contributed by atoms with van der Waals surface area (Å²) in [5.41, 5.74) is 5.53. The van der Waals surface area contributed by atoms with Crippen LogP contribution in [0.4, 0.5) is 0 Å². The Kier molecular flexibility index (Phi) is 4.93. The quantitative estimate of drug-likeness (QED) is 0.328. The van der Waals surface area contributed by atoms with E-state index in [1.165, 1.54) is 0 Å². The lowest BCUT2D eigenvalue weighted by Gasteiger charge is -2.03. The highest BCUT2D eigenvalue weighted by Crippen LogP contribution is 2.18. The second-order valence-corrected chi connectivity index (χ2v) is 3.74. The molecular formula is C10H20N4O. The van der Waals surface area contributed by atoms with Gasteiger partial charge in [-0.1, -0.05) is 0 Å². The average Bonchev–Trinajstić information content (AvgIpc) is 2.97. The zero-order valence-corrected chi connectivity index (χ0v) is 9.25. The predicted octanol–water partition coefficient (Wildman–Crippen LogP) is -0.0306. The molecule has 1 amide bonds. The van der Waals surface area contributed by atoms with Crippen LogP contribution in [0.3, 0.4) is 0 Å². The van der Waals surface area contributed by atoms with Gasteiger partial charge in [0.1, 0.15) is 0 Å². The first kappa shape index (κ1) is 11.8. The highest BCUT2D eigenvalue weighted by Gasteiger charge is 2.22. The predicted molar refractivity (Wildman–Crippen MR) is 60.6 cm³/mol. The van der Waals surface area contributed by atoms with E-state index in [0.29, 0.717) is 25.0 Å². The molecule has 1 fully saturated rings. The second-order valence-electron chi connectivity index (χ2n) is 3.74. The normalized spacial score (nSPS) is 16.2. The molecule has 1 aliphatic carbocycles. The molecule has 5 heteroatoms. The zero-order chi connectivity index (χ0) is 11.1. The van der Waals surface area contributed by atoms with Crippen molar-refractivity contribution in [2.75, 3.05) is 13.1 Å². The van der Waals surface area contributed by atoms with Crippen LogP contribution in [0.15, 0.2) is 4.99 Å². The largest absolute Gasteiger partial charge is 0.370 e. The van der Waals surface area contributed by atoms with Gasteiger partial charge in [-0.15, -0.1) is 0 Å². The Morgan fingerprint density at radius 1 is 1.53 bits per heavy atom. The number of rotatable bonds is 6. The summed E-state index contributed by atoms with van der Waals surface area (Å²) >= 11 is 0. The molecule has 0 unspecified atom stereocenters. The number of carbonyl (C=O) groups is 1. The summed E-state index contributed by atoms with van der Waals surface area (Å²) in [6.45, 7) is 3.35. The number of nitrogens with one attached hydrogen (secondary N) is 2. The van der Waals surface area contributed by atoms with Crippen molar-refractivity contribution in [3.05, 3.63) is 0 Å². The summed E-state index contributed by atoms with van der Waals surface area (Å²) in [5.74, 6) is 0.592. The molecule has 0 aromatic carbocycles. The molecule has 0 atom stereocenters. The van der Waals surface area contributed by atoms with Crippen LogP contribution in [-0.2, 0) is 4.79 Å². The summed E-state index contributed by atoms with van der Waals surface area (Å²) in [5, 5.41) is 5.84. The van der Waals surface area contributed by atoms with Gasteiger partial charge in [0.25, 0.3) is 0 Å². The number of nitrogens with two attached hydrogens (primary N) is 1. The summed E-state index contributed by atoms with van der Waals surface area (Å²) in [6, 6.07) is 0.452. The molecule has 0 aliphatic heterocycles. The maximum absolute atomic E-state index is 11.3. The van der Waals surface area contributed by atoms with Crippen molar-refractivity contribution in [2.24, 2.45) is 10.7 Å². The number of aliphatic imine (C=N–C) groups is 1. The molecular weight excluding hydrogens is 192 g/mol. The minimum atomic E-state index is 0.134. The number of guanidine groups is 1. The van der Waals surface area contributed by atoms with Gasteiger partial charge in [0.15, 0.2) is 5.96 Å². The highest BCUT2D eigenvalue weighted by atomic mass is 16.1. The third kappa shape index (κ3) is 5.93. The molecule has 0 heterocycles. The van der Waals surface area contributed by atoms with E-state index in [9.17, 15) is 4.79 Å². The Morgan fingerprint density at radius 2 is 2.27 bits per heavy atom. The van der Waals surface area contributed by atoms with Crippen molar-refractivity contribution in [1.29, 1.82) is 0 Å². The Balaban J connectivity index is 1.99. The van der Waals surface area contributed by atoms with E-state index in [1.807, 2.05) is 6.92 Å². The van der Waals surface area contributed by atoms with E-state index in [2.05, 4.69) is 15.6 Å². The van der Waals surface area contributed by atoms with Crippen molar-refractivity contribution < 1.29 is 4.79 Å². The number of hydrogen-bond donors (Lipinski definition) is 3. The van der Waals surface area contributed by atoms with Gasteiger partial charge in [-0.3, -0.25) is 9.79 Å². The number of nitrogens with zero attached hydrogens (tertiary/aromatic N) is 1. The van der Waals surface area contributed by atoms with E-state index in [4.69, 9.17) is 5.73 Å². The minimum Gasteiger partial charge on any atom is -0.370 e. The van der Waals surface area contributed by atoms with Gasteiger partial charge in [-0.2, -0.15) is 0 Å². The third-order valence-corrected chi connectivity index (χ3v) is 2.14. The molecule has 0 radical (unpaired) electrons. The van der Waals surface area contributed by atoms with E-state index >= 15 is 0 Å². The van der Waals surface area contributed by atoms with Crippen LogP contribution < -0.4 is 16.4 Å². The fourth-order valence-electron chi connectivity index (χ4n) is 1.20. The molecule has 0 bridgehead atoms. The van der Waals surface area contributed by atoms with Crippen molar-refractivity contribution >= 4 is 11.9 Å². The Bertz CT molecular complexity index is 236. The van der Waals surface area contributed by atoms with Crippen molar-refractivity contribution in [1.82, 2.24) is 10.6 Å². The van der Waals surface area contributed by atoms with Crippen molar-refractivity contribution in [2.45, 2.75) is 38.6 Å². The molecule has 5 nitrogen and oxygen atoms in total. The molecule has 15 heavy (non-hydrogen) atoms. The molecule has 0 spiro atoms. The fraction of sp³-hybridized carbons (Fsp3) is 0.800. The molecule has 86 valence electrons. The van der Waals surface area contributed by atoms with Gasteiger partial charge in [-0.05, 0) is 26.2 Å². The van der Waals surface area contributed by atoms with Crippen LogP contribution in [0.25, 0.3) is 0 Å². The van der Waals surface area contributed by atoms with Crippen molar-refractivity contribution in [3.8, 4) is 0 Å². The summed E-state index contributed by atoms with van der Waals surface area (Å²) < 4.78 is 0. The standard InChI is InChI=1S/C10H20N4O/c1-2-12-10(11)13-7-3-4-9(15)14-8-5-6-8/h8H,2-7H2,1H3,(H,14,15)(H3,11,12,13). The van der Waals surface area contributed by atoms with Crippen LogP contribution in [0.1, 0.15) is 32.6 Å². The zero-order valence-electron chi connectivity index (χ0n) is 9.25. The van der Waals surface area contributed by atoms with Gasteiger partial charge < -0.3 is 16.4 Å². The first-order valence-corrected chi connectivity index (χ1v) is 5.55. The Hall–Kier alpha value is -1.26. The van der Waals surface area contributed by atoms with E-state index in [-0.39, 0.29) is 5.91 Å². The van der Waals surface area contributed by atoms with Gasteiger partial charge in [0, 0.05) is 25.6 Å². The lowest BCUT2D eigenvalue weighted by molar-refractivity contribution is -0.121. The smallest absolute Gasteiger partial charge is 0.220 e. The lowest BCUT2D eigenvalue weighted by Crippen LogP contribution is -2.31. The molecule has 4 N–H and O–H groups in total. The number of amides is 1. The maximum Gasteiger partial charge on any atom is 0.220 e. The first-order chi connectivity index (χ1) is 7.22. The minimum absolute atomic E-state index is 0.134. The maximum atomic E-state index is 11.3. The van der Waals surface area contributed by atoms with Crippen LogP contribution >= 0.6 is 0 Å². The molecule has 1 saturated carbocycles. The third-order valence-electron chi connectivity index (χ3n) is 2.14.